The number of allylic oxidation sites excluding steroid dienone is 1. The Morgan fingerprint density at radius 3 is 2.80 bits per heavy atom. The van der Waals surface area contributed by atoms with Crippen LogP contribution in [-0.4, -0.2) is 24.3 Å². The van der Waals surface area contributed by atoms with Gasteiger partial charge in [-0.05, 0) is 24.8 Å². The van der Waals surface area contributed by atoms with Crippen molar-refractivity contribution in [2.75, 3.05) is 7.11 Å². The average Bonchev–Trinajstić information content (AvgIpc) is 2.26. The Bertz CT molecular complexity index is 254. The van der Waals surface area contributed by atoms with Crippen LogP contribution in [0.5, 0.6) is 0 Å². The van der Waals surface area contributed by atoms with Gasteiger partial charge in [0.25, 0.3) is 0 Å². The van der Waals surface area contributed by atoms with Crippen LogP contribution in [0, 0.1) is 11.8 Å². The van der Waals surface area contributed by atoms with Crippen LogP contribution in [-0.2, 0) is 9.47 Å². The lowest BCUT2D eigenvalue weighted by atomic mass is 9.97. The van der Waals surface area contributed by atoms with Crippen molar-refractivity contribution < 1.29 is 9.47 Å². The van der Waals surface area contributed by atoms with Gasteiger partial charge in [0.2, 0.25) is 6.29 Å². The number of ether oxygens (including phenoxy) is 2. The monoisotopic (exact) mass is 272 g/mol. The van der Waals surface area contributed by atoms with Crippen LogP contribution in [0.2, 0.25) is 0 Å². The fourth-order valence-corrected chi connectivity index (χ4v) is 2.35. The van der Waals surface area contributed by atoms with Crippen molar-refractivity contribution in [2.24, 2.45) is 0 Å². The molecule has 0 heterocycles. The number of hydrogen-bond acceptors (Lipinski definition) is 2. The van der Waals surface area contributed by atoms with Crippen molar-refractivity contribution in [3.8, 4) is 11.8 Å². The molecular formula is C12H17BrO2. The predicted molar refractivity (Wildman–Crippen MR) is 64.8 cm³/mol. The summed E-state index contributed by atoms with van der Waals surface area (Å²) in [5, 5.41) is 0. The first-order valence-corrected chi connectivity index (χ1v) is 6.13. The lowest BCUT2D eigenvalue weighted by Gasteiger charge is -2.29. The zero-order valence-electron chi connectivity index (χ0n) is 9.04. The lowest BCUT2D eigenvalue weighted by molar-refractivity contribution is -0.125. The quantitative estimate of drug-likeness (QED) is 0.447. The topological polar surface area (TPSA) is 18.5 Å². The number of hydrogen-bond donors (Lipinski definition) is 0. The Morgan fingerprint density at radius 2 is 2.20 bits per heavy atom. The summed E-state index contributed by atoms with van der Waals surface area (Å²) >= 11 is 3.63. The summed E-state index contributed by atoms with van der Waals surface area (Å²) < 4.78 is 10.9. The van der Waals surface area contributed by atoms with E-state index < -0.39 is 6.29 Å². The van der Waals surface area contributed by atoms with Crippen LogP contribution in [0.3, 0.4) is 0 Å². The summed E-state index contributed by atoms with van der Waals surface area (Å²) in [5.41, 5.74) is 0. The molecule has 0 amide bonds. The van der Waals surface area contributed by atoms with E-state index in [1.54, 1.807) is 13.2 Å². The molecule has 1 fully saturated rings. The van der Waals surface area contributed by atoms with E-state index in [4.69, 9.17) is 9.47 Å². The molecule has 15 heavy (non-hydrogen) atoms. The van der Waals surface area contributed by atoms with Gasteiger partial charge in [-0.15, -0.1) is 0 Å². The van der Waals surface area contributed by atoms with E-state index in [1.807, 2.05) is 0 Å². The molecule has 1 aliphatic carbocycles. The molecule has 0 N–H and O–H groups in total. The molecule has 3 heteroatoms. The van der Waals surface area contributed by atoms with Gasteiger partial charge in [0, 0.05) is 11.9 Å². The van der Waals surface area contributed by atoms with Crippen molar-refractivity contribution in [3.63, 3.8) is 0 Å². The SMILES string of the molecule is C=CC#CC(OC)O[C@H]1CCCC[C@@H]1Br. The molecule has 84 valence electrons. The third-order valence-corrected chi connectivity index (χ3v) is 3.49. The molecule has 0 aliphatic heterocycles. The number of methoxy groups -OCH3 is 1. The van der Waals surface area contributed by atoms with Crippen molar-refractivity contribution in [1.82, 2.24) is 0 Å². The van der Waals surface area contributed by atoms with E-state index in [9.17, 15) is 0 Å². The Hall–Kier alpha value is -0.300. The maximum atomic E-state index is 5.76. The molecule has 1 rings (SSSR count). The van der Waals surface area contributed by atoms with E-state index in [0.29, 0.717) is 4.83 Å². The van der Waals surface area contributed by atoms with Crippen LogP contribution < -0.4 is 0 Å². The summed E-state index contributed by atoms with van der Waals surface area (Å²) in [7, 11) is 1.61. The van der Waals surface area contributed by atoms with E-state index in [2.05, 4.69) is 34.3 Å². The van der Waals surface area contributed by atoms with Gasteiger partial charge in [0.05, 0.1) is 6.10 Å². The van der Waals surface area contributed by atoms with Gasteiger partial charge in [-0.25, -0.2) is 0 Å². The summed E-state index contributed by atoms with van der Waals surface area (Å²) in [5.74, 6) is 5.61. The second-order valence-corrected chi connectivity index (χ2v) is 4.71. The molecule has 3 atom stereocenters. The predicted octanol–water partition coefficient (Wildman–Crippen LogP) is 2.87. The maximum absolute atomic E-state index is 5.76. The molecule has 0 spiro atoms. The van der Waals surface area contributed by atoms with Gasteiger partial charge in [-0.3, -0.25) is 0 Å². The molecule has 1 saturated carbocycles. The third-order valence-electron chi connectivity index (χ3n) is 2.44. The minimum atomic E-state index is -0.439. The van der Waals surface area contributed by atoms with Gasteiger partial charge < -0.3 is 9.47 Å². The fourth-order valence-electron chi connectivity index (χ4n) is 1.64. The molecular weight excluding hydrogens is 256 g/mol. The first-order chi connectivity index (χ1) is 7.27. The Balaban J connectivity index is 2.45. The maximum Gasteiger partial charge on any atom is 0.222 e. The first-order valence-electron chi connectivity index (χ1n) is 5.22. The van der Waals surface area contributed by atoms with Crippen molar-refractivity contribution >= 4 is 15.9 Å². The lowest BCUT2D eigenvalue weighted by Crippen LogP contribution is -2.32. The number of alkyl halides is 1. The number of rotatable bonds is 3. The minimum Gasteiger partial charge on any atom is -0.345 e. The van der Waals surface area contributed by atoms with Crippen LogP contribution in [0.1, 0.15) is 25.7 Å². The van der Waals surface area contributed by atoms with Gasteiger partial charge >= 0.3 is 0 Å². The van der Waals surface area contributed by atoms with E-state index >= 15 is 0 Å². The third kappa shape index (κ3) is 4.38. The van der Waals surface area contributed by atoms with E-state index in [1.165, 1.54) is 12.8 Å². The molecule has 2 nitrogen and oxygen atoms in total. The van der Waals surface area contributed by atoms with E-state index in [-0.39, 0.29) is 6.10 Å². The van der Waals surface area contributed by atoms with Crippen LogP contribution in [0.4, 0.5) is 0 Å². The normalized spacial score (nSPS) is 27.6. The smallest absolute Gasteiger partial charge is 0.222 e. The van der Waals surface area contributed by atoms with Gasteiger partial charge in [0.15, 0.2) is 0 Å². The summed E-state index contributed by atoms with van der Waals surface area (Å²) in [6.07, 6.45) is 6.04. The highest BCUT2D eigenvalue weighted by Gasteiger charge is 2.25. The zero-order valence-corrected chi connectivity index (χ0v) is 10.6. The summed E-state index contributed by atoms with van der Waals surface area (Å²) in [6.45, 7) is 3.53. The first kappa shape index (κ1) is 12.8. The Labute approximate surface area is 100 Å². The number of halogens is 1. The molecule has 1 aliphatic rings. The largest absolute Gasteiger partial charge is 0.345 e. The van der Waals surface area contributed by atoms with E-state index in [0.717, 1.165) is 12.8 Å². The molecule has 0 aromatic heterocycles. The Morgan fingerprint density at radius 1 is 1.47 bits per heavy atom. The highest BCUT2D eigenvalue weighted by atomic mass is 79.9. The van der Waals surface area contributed by atoms with Gasteiger partial charge in [-0.1, -0.05) is 41.3 Å². The molecule has 0 aromatic carbocycles. The Kier molecular flexibility index (Phi) is 6.00. The summed E-state index contributed by atoms with van der Waals surface area (Å²) in [6, 6.07) is 0. The second kappa shape index (κ2) is 7.05. The summed E-state index contributed by atoms with van der Waals surface area (Å²) in [4.78, 5) is 0.425. The fraction of sp³-hybridized carbons (Fsp3) is 0.667. The second-order valence-electron chi connectivity index (χ2n) is 3.54. The van der Waals surface area contributed by atoms with Crippen LogP contribution in [0.25, 0.3) is 0 Å². The van der Waals surface area contributed by atoms with Crippen molar-refractivity contribution in [1.29, 1.82) is 0 Å². The molecule has 1 unspecified atom stereocenters. The molecule has 0 saturated heterocycles. The zero-order chi connectivity index (χ0) is 11.1. The molecule has 0 radical (unpaired) electrons. The molecule has 0 aromatic rings. The molecule has 0 bridgehead atoms. The van der Waals surface area contributed by atoms with Gasteiger partial charge in [0.1, 0.15) is 0 Å². The van der Waals surface area contributed by atoms with Crippen LogP contribution in [0.15, 0.2) is 12.7 Å². The van der Waals surface area contributed by atoms with Gasteiger partial charge in [-0.2, -0.15) is 0 Å². The minimum absolute atomic E-state index is 0.211. The standard InChI is InChI=1S/C12H17BrO2/c1-3-4-9-12(14-2)15-11-8-6-5-7-10(11)13/h3,10-12H,1,5-8H2,2H3/t10-,11-,12?/m0/s1. The van der Waals surface area contributed by atoms with Crippen molar-refractivity contribution in [3.05, 3.63) is 12.7 Å². The highest BCUT2D eigenvalue weighted by molar-refractivity contribution is 9.09. The average molecular weight is 273 g/mol. The van der Waals surface area contributed by atoms with Crippen LogP contribution >= 0.6 is 15.9 Å². The van der Waals surface area contributed by atoms with Crippen molar-refractivity contribution in [2.45, 2.75) is 42.9 Å². The highest BCUT2D eigenvalue weighted by Crippen LogP contribution is 2.27.